The molecule has 0 aliphatic carbocycles. The number of amides is 1. The molecule has 1 aliphatic heterocycles. The fourth-order valence-corrected chi connectivity index (χ4v) is 3.86. The molecule has 0 saturated carbocycles. The van der Waals surface area contributed by atoms with E-state index in [0.29, 0.717) is 31.1 Å². The van der Waals surface area contributed by atoms with E-state index in [-0.39, 0.29) is 30.0 Å². The maximum absolute atomic E-state index is 13.4. The molecule has 1 aromatic heterocycles. The Bertz CT molecular complexity index is 976. The average molecular weight is 394 g/mol. The topological polar surface area (TPSA) is 71.1 Å². The molecular weight excluding hydrogens is 371 g/mol. The quantitative estimate of drug-likeness (QED) is 0.698. The van der Waals surface area contributed by atoms with E-state index in [9.17, 15) is 9.18 Å². The first-order valence-electron chi connectivity index (χ1n) is 9.63. The number of nitrogens with zero attached hydrogens (tertiary/aromatic N) is 3. The third-order valence-electron chi connectivity index (χ3n) is 5.30. The predicted molar refractivity (Wildman–Crippen MR) is 107 cm³/mol. The number of hydrogen-bond donors (Lipinski definition) is 1. The summed E-state index contributed by atoms with van der Waals surface area (Å²) in [4.78, 5) is 19.3. The molecule has 6 nitrogen and oxygen atoms in total. The first kappa shape index (κ1) is 19.3. The lowest BCUT2D eigenvalue weighted by molar-refractivity contribution is -0.129. The van der Waals surface area contributed by atoms with Crippen molar-refractivity contribution < 1.29 is 13.9 Å². The highest BCUT2D eigenvalue weighted by atomic mass is 19.1. The Morgan fingerprint density at radius 3 is 2.79 bits per heavy atom. The van der Waals surface area contributed by atoms with Gasteiger partial charge in [0.2, 0.25) is 5.91 Å². The van der Waals surface area contributed by atoms with Gasteiger partial charge in [-0.2, -0.15) is 5.10 Å². The van der Waals surface area contributed by atoms with Crippen LogP contribution in [0.15, 0.2) is 54.6 Å². The zero-order valence-corrected chi connectivity index (χ0v) is 16.2. The first-order valence-corrected chi connectivity index (χ1v) is 9.63. The van der Waals surface area contributed by atoms with E-state index >= 15 is 0 Å². The highest BCUT2D eigenvalue weighted by molar-refractivity contribution is 5.79. The smallest absolute Gasteiger partial charge is 0.227 e. The molecule has 1 fully saturated rings. The van der Waals surface area contributed by atoms with Gasteiger partial charge in [-0.05, 0) is 17.7 Å². The van der Waals surface area contributed by atoms with Crippen LogP contribution in [0.4, 0.5) is 4.39 Å². The number of carbonyl (C=O) groups excluding carboxylic acids is 1. The van der Waals surface area contributed by atoms with Crippen molar-refractivity contribution in [2.24, 2.45) is 5.92 Å². The maximum Gasteiger partial charge on any atom is 0.227 e. The summed E-state index contributed by atoms with van der Waals surface area (Å²) in [6.45, 7) is 1.63. The third kappa shape index (κ3) is 4.35. The summed E-state index contributed by atoms with van der Waals surface area (Å²) in [5.74, 6) is 1.17. The van der Waals surface area contributed by atoms with Crippen LogP contribution in [-0.4, -0.2) is 52.8 Å². The summed E-state index contributed by atoms with van der Waals surface area (Å²) in [5, 5.41) is 7.40. The number of benzene rings is 2. The largest absolute Gasteiger partial charge is 0.384 e. The minimum absolute atomic E-state index is 0.0105. The Balaban J connectivity index is 1.50. The average Bonchev–Trinajstić information content (AvgIpc) is 3.36. The van der Waals surface area contributed by atoms with Crippen molar-refractivity contribution in [3.05, 3.63) is 71.8 Å². The van der Waals surface area contributed by atoms with Gasteiger partial charge in [0.15, 0.2) is 5.82 Å². The summed E-state index contributed by atoms with van der Waals surface area (Å²) >= 11 is 0. The molecule has 1 aliphatic rings. The summed E-state index contributed by atoms with van der Waals surface area (Å²) in [6, 6.07) is 15.9. The van der Waals surface area contributed by atoms with Gasteiger partial charge >= 0.3 is 0 Å². The molecule has 0 bridgehead atoms. The van der Waals surface area contributed by atoms with E-state index < -0.39 is 0 Å². The zero-order valence-electron chi connectivity index (χ0n) is 16.2. The molecule has 0 radical (unpaired) electrons. The lowest BCUT2D eigenvalue weighted by Gasteiger charge is -2.16. The number of H-pyrrole nitrogens is 1. The Morgan fingerprint density at radius 2 is 2.03 bits per heavy atom. The number of methoxy groups -OCH3 is 1. The number of ether oxygens (including phenoxy) is 1. The van der Waals surface area contributed by atoms with Crippen molar-refractivity contribution in [3.8, 4) is 11.4 Å². The number of aromatic amines is 1. The molecule has 2 atom stereocenters. The number of halogens is 1. The fraction of sp³-hybridized carbons (Fsp3) is 0.318. The highest BCUT2D eigenvalue weighted by Crippen LogP contribution is 2.32. The first-order chi connectivity index (χ1) is 14.1. The minimum Gasteiger partial charge on any atom is -0.384 e. The van der Waals surface area contributed by atoms with Gasteiger partial charge in [0.25, 0.3) is 0 Å². The number of carbonyl (C=O) groups is 1. The van der Waals surface area contributed by atoms with Crippen LogP contribution in [0.1, 0.15) is 17.3 Å². The molecule has 4 rings (SSSR count). The van der Waals surface area contributed by atoms with Crippen molar-refractivity contribution in [1.29, 1.82) is 0 Å². The van der Waals surface area contributed by atoms with E-state index in [2.05, 4.69) is 15.2 Å². The van der Waals surface area contributed by atoms with Crippen LogP contribution in [0.3, 0.4) is 0 Å². The Labute approximate surface area is 168 Å². The lowest BCUT2D eigenvalue weighted by Crippen LogP contribution is -2.30. The van der Waals surface area contributed by atoms with Crippen LogP contribution in [-0.2, 0) is 16.0 Å². The van der Waals surface area contributed by atoms with Crippen LogP contribution in [0.5, 0.6) is 0 Å². The predicted octanol–water partition coefficient (Wildman–Crippen LogP) is 3.04. The molecule has 1 N–H and O–H groups in total. The summed E-state index contributed by atoms with van der Waals surface area (Å²) in [6.07, 6.45) is 0.176. The summed E-state index contributed by atoms with van der Waals surface area (Å²) in [5.41, 5.74) is 1.61. The zero-order chi connectivity index (χ0) is 20.2. The van der Waals surface area contributed by atoms with E-state index in [1.165, 1.54) is 12.1 Å². The molecule has 1 amide bonds. The fourth-order valence-electron chi connectivity index (χ4n) is 3.86. The monoisotopic (exact) mass is 394 g/mol. The molecular formula is C22H23FN4O2. The Hall–Kier alpha value is -3.06. The molecule has 0 spiro atoms. The summed E-state index contributed by atoms with van der Waals surface area (Å²) < 4.78 is 18.8. The van der Waals surface area contributed by atoms with Crippen molar-refractivity contribution in [1.82, 2.24) is 20.1 Å². The summed E-state index contributed by atoms with van der Waals surface area (Å²) in [7, 11) is 1.66. The third-order valence-corrected chi connectivity index (χ3v) is 5.30. The number of likely N-dealkylation sites (tertiary alicyclic amines) is 1. The highest BCUT2D eigenvalue weighted by Gasteiger charge is 2.38. The second-order valence-electron chi connectivity index (χ2n) is 7.34. The lowest BCUT2D eigenvalue weighted by atomic mass is 9.96. The van der Waals surface area contributed by atoms with Gasteiger partial charge in [0, 0.05) is 37.6 Å². The van der Waals surface area contributed by atoms with Crippen molar-refractivity contribution in [3.63, 3.8) is 0 Å². The van der Waals surface area contributed by atoms with Crippen molar-refractivity contribution in [2.75, 3.05) is 26.8 Å². The maximum atomic E-state index is 13.4. The van der Waals surface area contributed by atoms with Crippen molar-refractivity contribution in [2.45, 2.75) is 12.3 Å². The SMILES string of the molecule is COC[C@@H]1CN(C(=O)Cc2cccc(F)c2)C[C@H]1c1nc(-c2ccccc2)n[nH]1. The normalized spacial score (nSPS) is 18.9. The molecule has 29 heavy (non-hydrogen) atoms. The van der Waals surface area contributed by atoms with Crippen LogP contribution in [0, 0.1) is 11.7 Å². The van der Waals surface area contributed by atoms with Gasteiger partial charge in [-0.1, -0.05) is 42.5 Å². The standard InChI is InChI=1S/C22H23FN4O2/c1-29-14-17-12-27(20(28)11-15-6-5-9-18(23)10-15)13-19(17)22-24-21(25-26-22)16-7-3-2-4-8-16/h2-10,17,19H,11-14H2,1H3,(H,24,25,26)/t17-,19+/m0/s1. The Kier molecular flexibility index (Phi) is 5.67. The molecule has 0 unspecified atom stereocenters. The van der Waals surface area contributed by atoms with Gasteiger partial charge in [0.05, 0.1) is 13.0 Å². The van der Waals surface area contributed by atoms with Gasteiger partial charge in [0.1, 0.15) is 11.6 Å². The van der Waals surface area contributed by atoms with Gasteiger partial charge in [-0.15, -0.1) is 0 Å². The van der Waals surface area contributed by atoms with Gasteiger partial charge in [-0.3, -0.25) is 9.89 Å². The number of nitrogens with one attached hydrogen (secondary N) is 1. The van der Waals surface area contributed by atoms with Gasteiger partial charge in [-0.25, -0.2) is 9.37 Å². The number of rotatable bonds is 6. The van der Waals surface area contributed by atoms with E-state index in [0.717, 1.165) is 11.4 Å². The molecule has 7 heteroatoms. The molecule has 3 aromatic rings. The second-order valence-corrected chi connectivity index (χ2v) is 7.34. The molecule has 1 saturated heterocycles. The van der Waals surface area contributed by atoms with E-state index in [1.54, 1.807) is 19.2 Å². The Morgan fingerprint density at radius 1 is 1.21 bits per heavy atom. The van der Waals surface area contributed by atoms with Crippen LogP contribution in [0.2, 0.25) is 0 Å². The number of aromatic nitrogens is 3. The van der Waals surface area contributed by atoms with E-state index in [1.807, 2.05) is 35.2 Å². The molecule has 2 aromatic carbocycles. The number of hydrogen-bond acceptors (Lipinski definition) is 4. The second kappa shape index (κ2) is 8.53. The van der Waals surface area contributed by atoms with Crippen LogP contribution in [0.25, 0.3) is 11.4 Å². The van der Waals surface area contributed by atoms with E-state index in [4.69, 9.17) is 4.74 Å². The van der Waals surface area contributed by atoms with Crippen molar-refractivity contribution >= 4 is 5.91 Å². The van der Waals surface area contributed by atoms with Crippen LogP contribution < -0.4 is 0 Å². The minimum atomic E-state index is -0.332. The molecule has 2 heterocycles. The molecule has 150 valence electrons. The van der Waals surface area contributed by atoms with Gasteiger partial charge < -0.3 is 9.64 Å². The van der Waals surface area contributed by atoms with Crippen LogP contribution >= 0.6 is 0 Å².